The minimum Gasteiger partial charge on any atom is -0.497 e. The van der Waals surface area contributed by atoms with Gasteiger partial charge < -0.3 is 10.1 Å². The smallest absolute Gasteiger partial charge is 0.250 e. The third-order valence-electron chi connectivity index (χ3n) is 3.42. The highest BCUT2D eigenvalue weighted by atomic mass is 32.2. The van der Waals surface area contributed by atoms with Gasteiger partial charge >= 0.3 is 0 Å². The quantitative estimate of drug-likeness (QED) is 0.527. The molecular formula is C16H18N4O3S3. The molecule has 0 aliphatic carbocycles. The van der Waals surface area contributed by atoms with Crippen LogP contribution in [0.2, 0.25) is 0 Å². The van der Waals surface area contributed by atoms with Gasteiger partial charge in [0.25, 0.3) is 0 Å². The highest BCUT2D eigenvalue weighted by molar-refractivity contribution is 7.91. The number of nitrogens with one attached hydrogen (secondary N) is 2. The van der Waals surface area contributed by atoms with E-state index in [1.807, 2.05) is 24.3 Å². The van der Waals surface area contributed by atoms with E-state index in [9.17, 15) is 8.42 Å². The van der Waals surface area contributed by atoms with Gasteiger partial charge in [-0.15, -0.1) is 11.3 Å². The van der Waals surface area contributed by atoms with Crippen molar-refractivity contribution in [3.63, 3.8) is 0 Å². The zero-order chi connectivity index (χ0) is 18.4. The number of hydrogen-bond acceptors (Lipinski definition) is 8. The molecule has 0 amide bonds. The number of ether oxygens (including phenoxy) is 1. The van der Waals surface area contributed by atoms with Gasteiger partial charge in [0, 0.05) is 31.0 Å². The summed E-state index contributed by atoms with van der Waals surface area (Å²) in [6.07, 6.45) is 0.611. The number of methoxy groups -OCH3 is 1. The molecule has 0 radical (unpaired) electrons. The number of aromatic nitrogens is 2. The molecule has 10 heteroatoms. The van der Waals surface area contributed by atoms with E-state index in [-0.39, 0.29) is 6.54 Å². The highest BCUT2D eigenvalue weighted by Crippen LogP contribution is 2.18. The molecule has 3 aromatic rings. The van der Waals surface area contributed by atoms with E-state index in [1.165, 1.54) is 22.9 Å². The zero-order valence-corrected chi connectivity index (χ0v) is 16.5. The zero-order valence-electron chi connectivity index (χ0n) is 14.0. The fourth-order valence-corrected chi connectivity index (χ4v) is 4.88. The van der Waals surface area contributed by atoms with Crippen molar-refractivity contribution in [1.82, 2.24) is 14.1 Å². The molecule has 0 saturated heterocycles. The minimum absolute atomic E-state index is 0.269. The lowest BCUT2D eigenvalue weighted by Crippen LogP contribution is -2.28. The van der Waals surface area contributed by atoms with E-state index in [0.717, 1.165) is 11.3 Å². The second-order valence-corrected chi connectivity index (χ2v) is 8.99. The van der Waals surface area contributed by atoms with Gasteiger partial charge in [0.15, 0.2) is 0 Å². The van der Waals surface area contributed by atoms with Crippen molar-refractivity contribution in [2.24, 2.45) is 0 Å². The molecule has 2 aromatic heterocycles. The van der Waals surface area contributed by atoms with E-state index in [2.05, 4.69) is 19.4 Å². The Morgan fingerprint density at radius 3 is 2.85 bits per heavy atom. The van der Waals surface area contributed by atoms with Crippen molar-refractivity contribution in [1.29, 1.82) is 0 Å². The Bertz CT molecular complexity index is 939. The fourth-order valence-electron chi connectivity index (χ4n) is 2.20. The van der Waals surface area contributed by atoms with Crippen LogP contribution in [-0.2, 0) is 16.4 Å². The molecule has 26 heavy (non-hydrogen) atoms. The number of nitrogens with zero attached hydrogens (tertiary/aromatic N) is 2. The normalized spacial score (nSPS) is 11.4. The summed E-state index contributed by atoms with van der Waals surface area (Å²) < 4.78 is 36.4. The van der Waals surface area contributed by atoms with Gasteiger partial charge in [0.1, 0.15) is 15.8 Å². The molecule has 3 rings (SSSR count). The average Bonchev–Trinajstić information content (AvgIpc) is 3.31. The van der Waals surface area contributed by atoms with Gasteiger partial charge in [-0.1, -0.05) is 18.2 Å². The fraction of sp³-hybridized carbons (Fsp3) is 0.250. The SMILES string of the molecule is COc1cccc(Cc2nsc(NCCNS(=O)(=O)c3cccs3)n2)c1. The predicted molar refractivity (Wildman–Crippen MR) is 104 cm³/mol. The first-order chi connectivity index (χ1) is 12.6. The summed E-state index contributed by atoms with van der Waals surface area (Å²) in [5.74, 6) is 1.51. The Kier molecular flexibility index (Phi) is 6.20. The van der Waals surface area contributed by atoms with E-state index in [1.54, 1.807) is 24.6 Å². The number of hydrogen-bond donors (Lipinski definition) is 2. The molecule has 0 aliphatic rings. The maximum absolute atomic E-state index is 12.0. The second kappa shape index (κ2) is 8.58. The minimum atomic E-state index is -3.43. The van der Waals surface area contributed by atoms with E-state index >= 15 is 0 Å². The first-order valence-electron chi connectivity index (χ1n) is 7.79. The Morgan fingerprint density at radius 2 is 2.08 bits per heavy atom. The van der Waals surface area contributed by atoms with Crippen molar-refractivity contribution in [2.45, 2.75) is 10.6 Å². The van der Waals surface area contributed by atoms with Crippen molar-refractivity contribution >= 4 is 38.0 Å². The van der Waals surface area contributed by atoms with E-state index in [0.29, 0.717) is 28.1 Å². The largest absolute Gasteiger partial charge is 0.497 e. The van der Waals surface area contributed by atoms with Gasteiger partial charge in [-0.25, -0.2) is 18.1 Å². The number of thiophene rings is 1. The molecule has 0 unspecified atom stereocenters. The van der Waals surface area contributed by atoms with Crippen molar-refractivity contribution < 1.29 is 13.2 Å². The maximum Gasteiger partial charge on any atom is 0.250 e. The molecule has 2 N–H and O–H groups in total. The molecular weight excluding hydrogens is 392 g/mol. The molecule has 138 valence electrons. The monoisotopic (exact) mass is 410 g/mol. The van der Waals surface area contributed by atoms with Gasteiger partial charge in [-0.3, -0.25) is 0 Å². The van der Waals surface area contributed by atoms with Crippen LogP contribution in [0.15, 0.2) is 46.0 Å². The third kappa shape index (κ3) is 5.01. The summed E-state index contributed by atoms with van der Waals surface area (Å²) >= 11 is 2.45. The number of anilines is 1. The van der Waals surface area contributed by atoms with Crippen LogP contribution in [0.4, 0.5) is 5.13 Å². The number of rotatable bonds is 9. The predicted octanol–water partition coefficient (Wildman–Crippen LogP) is 2.59. The van der Waals surface area contributed by atoms with Crippen LogP contribution < -0.4 is 14.8 Å². The Hall–Kier alpha value is -2.01. The van der Waals surface area contributed by atoms with Crippen molar-refractivity contribution in [3.8, 4) is 5.75 Å². The van der Waals surface area contributed by atoms with Crippen LogP contribution >= 0.6 is 22.9 Å². The van der Waals surface area contributed by atoms with E-state index < -0.39 is 10.0 Å². The average molecular weight is 411 g/mol. The summed E-state index contributed by atoms with van der Waals surface area (Å²) in [6, 6.07) is 11.1. The number of benzene rings is 1. The maximum atomic E-state index is 12.0. The van der Waals surface area contributed by atoms with Crippen LogP contribution in [0.25, 0.3) is 0 Å². The van der Waals surface area contributed by atoms with Crippen molar-refractivity contribution in [2.75, 3.05) is 25.5 Å². The molecule has 2 heterocycles. The molecule has 0 atom stereocenters. The Labute approximate surface area is 160 Å². The van der Waals surface area contributed by atoms with Crippen LogP contribution in [0.1, 0.15) is 11.4 Å². The lowest BCUT2D eigenvalue weighted by atomic mass is 10.1. The lowest BCUT2D eigenvalue weighted by Gasteiger charge is -2.05. The Morgan fingerprint density at radius 1 is 1.19 bits per heavy atom. The molecule has 0 spiro atoms. The highest BCUT2D eigenvalue weighted by Gasteiger charge is 2.14. The van der Waals surface area contributed by atoms with E-state index in [4.69, 9.17) is 4.74 Å². The second-order valence-electron chi connectivity index (χ2n) is 5.30. The number of sulfonamides is 1. The summed E-state index contributed by atoms with van der Waals surface area (Å²) in [6.45, 7) is 0.698. The van der Waals surface area contributed by atoms with Crippen LogP contribution in [0.3, 0.4) is 0 Å². The Balaban J connectivity index is 1.48. The first-order valence-corrected chi connectivity index (χ1v) is 10.9. The molecule has 1 aromatic carbocycles. The van der Waals surface area contributed by atoms with Crippen LogP contribution in [-0.4, -0.2) is 38.0 Å². The van der Waals surface area contributed by atoms with Gasteiger partial charge in [0.05, 0.1) is 7.11 Å². The van der Waals surface area contributed by atoms with Gasteiger partial charge in [-0.2, -0.15) is 4.37 Å². The first kappa shape index (κ1) is 18.8. The molecule has 0 bridgehead atoms. The molecule has 0 fully saturated rings. The standard InChI is InChI=1S/C16H18N4O3S3/c1-23-13-5-2-4-12(10-13)11-14-19-16(25-20-14)17-7-8-18-26(21,22)15-6-3-9-24-15/h2-6,9-10,18H,7-8,11H2,1H3,(H,17,19,20). The van der Waals surface area contributed by atoms with Gasteiger partial charge in [0.2, 0.25) is 15.2 Å². The topological polar surface area (TPSA) is 93.2 Å². The van der Waals surface area contributed by atoms with Gasteiger partial charge in [-0.05, 0) is 29.1 Å². The molecule has 0 aliphatic heterocycles. The van der Waals surface area contributed by atoms with Crippen LogP contribution in [0.5, 0.6) is 5.75 Å². The third-order valence-corrected chi connectivity index (χ3v) is 6.99. The van der Waals surface area contributed by atoms with Crippen molar-refractivity contribution in [3.05, 3.63) is 53.2 Å². The summed E-state index contributed by atoms with van der Waals surface area (Å²) in [7, 11) is -1.80. The lowest BCUT2D eigenvalue weighted by molar-refractivity contribution is 0.414. The summed E-state index contributed by atoms with van der Waals surface area (Å²) in [5.41, 5.74) is 1.07. The summed E-state index contributed by atoms with van der Waals surface area (Å²) in [4.78, 5) is 4.43. The molecule has 7 nitrogen and oxygen atoms in total. The molecule has 0 saturated carbocycles. The van der Waals surface area contributed by atoms with Crippen LogP contribution in [0, 0.1) is 0 Å². The summed E-state index contributed by atoms with van der Waals surface area (Å²) in [5, 5.41) is 5.49.